The van der Waals surface area contributed by atoms with Gasteiger partial charge in [-0.1, -0.05) is 37.3 Å². The molecule has 0 bridgehead atoms. The molecule has 0 heterocycles. The normalized spacial score (nSPS) is 10.2. The molecule has 2 rings (SSSR count). The number of hydrogen-bond acceptors (Lipinski definition) is 3. The Morgan fingerprint density at radius 1 is 1.00 bits per heavy atom. The zero-order valence-electron chi connectivity index (χ0n) is 11.7. The van der Waals surface area contributed by atoms with Crippen LogP contribution in [0.15, 0.2) is 52.3 Å². The van der Waals surface area contributed by atoms with E-state index in [9.17, 15) is 5.26 Å². The molecule has 1 nitrogen and oxygen atoms in total. The van der Waals surface area contributed by atoms with Crippen molar-refractivity contribution >= 4 is 23.5 Å². The molecule has 102 valence electrons. The largest absolute Gasteiger partial charge is 0.192 e. The number of thioether (sulfide) groups is 2. The summed E-state index contributed by atoms with van der Waals surface area (Å²) in [6, 6.07) is 16.9. The minimum absolute atomic E-state index is 0.818. The fourth-order valence-corrected chi connectivity index (χ4v) is 3.90. The fourth-order valence-electron chi connectivity index (χ4n) is 1.94. The van der Waals surface area contributed by atoms with E-state index in [4.69, 9.17) is 0 Å². The molecule has 0 unspecified atom stereocenters. The number of rotatable bonds is 5. The number of nitrogens with zero attached hydrogens (tertiary/aromatic N) is 1. The molecule has 2 aromatic rings. The van der Waals surface area contributed by atoms with Crippen LogP contribution in [0.25, 0.3) is 0 Å². The summed E-state index contributed by atoms with van der Waals surface area (Å²) in [6.07, 6.45) is 0. The standard InChI is InChI=1S/C17H17NS2/c1-3-19-16-9-6-10-17(15(16)11-18)20-12-14-8-5-4-7-13(14)2/h4-10H,3,12H2,1-2H3. The van der Waals surface area contributed by atoms with E-state index >= 15 is 0 Å². The lowest BCUT2D eigenvalue weighted by atomic mass is 10.1. The highest BCUT2D eigenvalue weighted by atomic mass is 32.2. The molecule has 0 spiro atoms. The Morgan fingerprint density at radius 3 is 2.35 bits per heavy atom. The monoisotopic (exact) mass is 299 g/mol. The van der Waals surface area contributed by atoms with Crippen molar-refractivity contribution in [2.24, 2.45) is 0 Å². The van der Waals surface area contributed by atoms with E-state index in [-0.39, 0.29) is 0 Å². The second-order valence-electron chi connectivity index (χ2n) is 4.39. The molecule has 0 aliphatic rings. The summed E-state index contributed by atoms with van der Waals surface area (Å²) in [5.74, 6) is 1.89. The van der Waals surface area contributed by atoms with Crippen LogP contribution >= 0.6 is 23.5 Å². The van der Waals surface area contributed by atoms with Crippen molar-refractivity contribution in [1.82, 2.24) is 0 Å². The van der Waals surface area contributed by atoms with Gasteiger partial charge in [0.1, 0.15) is 6.07 Å². The number of hydrogen-bond donors (Lipinski definition) is 0. The van der Waals surface area contributed by atoms with Crippen molar-refractivity contribution in [3.63, 3.8) is 0 Å². The van der Waals surface area contributed by atoms with Crippen LogP contribution in [0.2, 0.25) is 0 Å². The van der Waals surface area contributed by atoms with Gasteiger partial charge in [0.25, 0.3) is 0 Å². The van der Waals surface area contributed by atoms with E-state index in [1.54, 1.807) is 23.5 Å². The van der Waals surface area contributed by atoms with Gasteiger partial charge >= 0.3 is 0 Å². The summed E-state index contributed by atoms with van der Waals surface area (Å²) in [5, 5.41) is 9.40. The first kappa shape index (κ1) is 15.0. The van der Waals surface area contributed by atoms with E-state index < -0.39 is 0 Å². The second-order valence-corrected chi connectivity index (χ2v) is 6.71. The van der Waals surface area contributed by atoms with E-state index in [0.717, 1.165) is 26.9 Å². The minimum Gasteiger partial charge on any atom is -0.192 e. The Bertz CT molecular complexity index is 629. The summed E-state index contributed by atoms with van der Waals surface area (Å²) in [6.45, 7) is 4.24. The predicted octanol–water partition coefficient (Wildman–Crippen LogP) is 5.27. The molecule has 0 fully saturated rings. The van der Waals surface area contributed by atoms with Crippen molar-refractivity contribution in [3.05, 3.63) is 59.2 Å². The molecule has 0 amide bonds. The molecule has 0 aliphatic heterocycles. The lowest BCUT2D eigenvalue weighted by Crippen LogP contribution is -1.89. The van der Waals surface area contributed by atoms with Crippen LogP contribution < -0.4 is 0 Å². The molecule has 0 aromatic heterocycles. The Balaban J connectivity index is 2.20. The first-order valence-corrected chi connectivity index (χ1v) is 8.56. The maximum absolute atomic E-state index is 9.40. The lowest BCUT2D eigenvalue weighted by molar-refractivity contribution is 1.24. The van der Waals surface area contributed by atoms with Gasteiger partial charge in [-0.3, -0.25) is 0 Å². The van der Waals surface area contributed by atoms with Crippen molar-refractivity contribution in [1.29, 1.82) is 5.26 Å². The van der Waals surface area contributed by atoms with Gasteiger partial charge in [-0.05, 0) is 35.9 Å². The highest BCUT2D eigenvalue weighted by Crippen LogP contribution is 2.32. The second kappa shape index (κ2) is 7.42. The van der Waals surface area contributed by atoms with Crippen molar-refractivity contribution < 1.29 is 0 Å². The van der Waals surface area contributed by atoms with Crippen LogP contribution in [0.1, 0.15) is 23.6 Å². The zero-order valence-corrected chi connectivity index (χ0v) is 13.4. The quantitative estimate of drug-likeness (QED) is 0.703. The Kier molecular flexibility index (Phi) is 5.58. The number of nitriles is 1. The van der Waals surface area contributed by atoms with E-state index in [1.807, 2.05) is 18.2 Å². The van der Waals surface area contributed by atoms with E-state index in [1.165, 1.54) is 11.1 Å². The third kappa shape index (κ3) is 3.59. The highest BCUT2D eigenvalue weighted by molar-refractivity contribution is 7.99. The molecule has 0 saturated heterocycles. The smallest absolute Gasteiger partial charge is 0.101 e. The van der Waals surface area contributed by atoms with Gasteiger partial charge in [0.05, 0.1) is 5.56 Å². The Hall–Kier alpha value is -1.37. The SMILES string of the molecule is CCSc1cccc(SCc2ccccc2C)c1C#N. The summed E-state index contributed by atoms with van der Waals surface area (Å²) in [5.41, 5.74) is 3.45. The van der Waals surface area contributed by atoms with E-state index in [0.29, 0.717) is 0 Å². The highest BCUT2D eigenvalue weighted by Gasteiger charge is 2.09. The molecule has 0 radical (unpaired) electrons. The predicted molar refractivity (Wildman–Crippen MR) is 88.3 cm³/mol. The third-order valence-electron chi connectivity index (χ3n) is 3.04. The summed E-state index contributed by atoms with van der Waals surface area (Å²) in [4.78, 5) is 2.17. The van der Waals surface area contributed by atoms with Crippen LogP contribution in [-0.2, 0) is 5.75 Å². The molecule has 0 N–H and O–H groups in total. The van der Waals surface area contributed by atoms with Crippen LogP contribution in [0.5, 0.6) is 0 Å². The number of benzene rings is 2. The van der Waals surface area contributed by atoms with Gasteiger partial charge in [0.2, 0.25) is 0 Å². The third-order valence-corrected chi connectivity index (χ3v) is 5.09. The van der Waals surface area contributed by atoms with Gasteiger partial charge in [-0.25, -0.2) is 0 Å². The van der Waals surface area contributed by atoms with Gasteiger partial charge in [0, 0.05) is 15.5 Å². The van der Waals surface area contributed by atoms with Gasteiger partial charge in [-0.15, -0.1) is 23.5 Å². The Morgan fingerprint density at radius 2 is 1.70 bits per heavy atom. The first-order valence-electron chi connectivity index (χ1n) is 6.59. The zero-order chi connectivity index (χ0) is 14.4. The maximum Gasteiger partial charge on any atom is 0.101 e. The molecule has 0 aliphatic carbocycles. The first-order chi connectivity index (χ1) is 9.76. The summed E-state index contributed by atoms with van der Waals surface area (Å²) >= 11 is 3.47. The van der Waals surface area contributed by atoms with E-state index in [2.05, 4.69) is 44.2 Å². The Labute approximate surface area is 129 Å². The van der Waals surface area contributed by atoms with Gasteiger partial charge < -0.3 is 0 Å². The lowest BCUT2D eigenvalue weighted by Gasteiger charge is -2.09. The molecular weight excluding hydrogens is 282 g/mol. The molecular formula is C17H17NS2. The average molecular weight is 299 g/mol. The van der Waals surface area contributed by atoms with Gasteiger partial charge in [-0.2, -0.15) is 5.26 Å². The molecule has 20 heavy (non-hydrogen) atoms. The molecule has 2 aromatic carbocycles. The average Bonchev–Trinajstić information content (AvgIpc) is 2.47. The summed E-state index contributed by atoms with van der Waals surface area (Å²) < 4.78 is 0. The fraction of sp³-hybridized carbons (Fsp3) is 0.235. The van der Waals surface area contributed by atoms with Crippen LogP contribution in [0, 0.1) is 18.3 Å². The minimum atomic E-state index is 0.818. The number of aryl methyl sites for hydroxylation is 1. The topological polar surface area (TPSA) is 23.8 Å². The van der Waals surface area contributed by atoms with Crippen LogP contribution in [-0.4, -0.2) is 5.75 Å². The summed E-state index contributed by atoms with van der Waals surface area (Å²) in [7, 11) is 0. The van der Waals surface area contributed by atoms with Crippen LogP contribution in [0.4, 0.5) is 0 Å². The van der Waals surface area contributed by atoms with Crippen LogP contribution in [0.3, 0.4) is 0 Å². The molecule has 3 heteroatoms. The molecule has 0 saturated carbocycles. The molecule has 0 atom stereocenters. The van der Waals surface area contributed by atoms with Gasteiger partial charge in [0.15, 0.2) is 0 Å². The van der Waals surface area contributed by atoms with Crippen molar-refractivity contribution in [2.75, 3.05) is 5.75 Å². The maximum atomic E-state index is 9.40. The van der Waals surface area contributed by atoms with Crippen molar-refractivity contribution in [2.45, 2.75) is 29.4 Å². The van der Waals surface area contributed by atoms with Crippen molar-refractivity contribution in [3.8, 4) is 6.07 Å².